The van der Waals surface area contributed by atoms with Crippen molar-refractivity contribution in [3.05, 3.63) is 48.3 Å². The Morgan fingerprint density at radius 3 is 2.67 bits per heavy atom. The van der Waals surface area contributed by atoms with Crippen molar-refractivity contribution in [2.24, 2.45) is 0 Å². The van der Waals surface area contributed by atoms with E-state index >= 15 is 0 Å². The lowest BCUT2D eigenvalue weighted by atomic mass is 10.1. The van der Waals surface area contributed by atoms with Crippen LogP contribution in [0.25, 0.3) is 5.69 Å². The molecule has 1 aromatic carbocycles. The van der Waals surface area contributed by atoms with E-state index in [0.29, 0.717) is 17.8 Å². The molecule has 0 fully saturated rings. The topological polar surface area (TPSA) is 75.4 Å². The van der Waals surface area contributed by atoms with E-state index in [2.05, 4.69) is 5.10 Å². The minimum atomic E-state index is -0.915. The molecule has 0 saturated heterocycles. The quantitative estimate of drug-likeness (QED) is 0.879. The molecule has 0 unspecified atom stereocenters. The molecule has 0 spiro atoms. The number of amides is 1. The number of aromatic nitrogens is 2. The minimum Gasteiger partial charge on any atom is -0.481 e. The summed E-state index contributed by atoms with van der Waals surface area (Å²) < 4.78 is 1.62. The van der Waals surface area contributed by atoms with Crippen LogP contribution in [0.15, 0.2) is 42.7 Å². The Bertz CT molecular complexity index is 623. The van der Waals surface area contributed by atoms with Crippen molar-refractivity contribution in [3.63, 3.8) is 0 Å². The molecule has 0 aliphatic carbocycles. The lowest BCUT2D eigenvalue weighted by molar-refractivity contribution is -0.137. The van der Waals surface area contributed by atoms with Gasteiger partial charge in [0.25, 0.3) is 5.91 Å². The lowest BCUT2D eigenvalue weighted by Crippen LogP contribution is -2.33. The van der Waals surface area contributed by atoms with Gasteiger partial charge in [-0.25, -0.2) is 4.68 Å². The van der Waals surface area contributed by atoms with Gasteiger partial charge in [0.05, 0.1) is 17.7 Å². The van der Waals surface area contributed by atoms with Gasteiger partial charge in [-0.05, 0) is 25.1 Å². The van der Waals surface area contributed by atoms with Crippen LogP contribution in [0.3, 0.4) is 0 Å². The fourth-order valence-corrected chi connectivity index (χ4v) is 2.07. The predicted octanol–water partition coefficient (Wildman–Crippen LogP) is 1.81. The molecule has 2 aromatic rings. The van der Waals surface area contributed by atoms with Crippen molar-refractivity contribution in [1.82, 2.24) is 14.7 Å². The van der Waals surface area contributed by atoms with Gasteiger partial charge in [-0.2, -0.15) is 5.10 Å². The fourth-order valence-electron chi connectivity index (χ4n) is 2.07. The maximum Gasteiger partial charge on any atom is 0.305 e. The predicted molar refractivity (Wildman–Crippen MR) is 77.4 cm³/mol. The first-order chi connectivity index (χ1) is 10.1. The molecule has 6 heteroatoms. The van der Waals surface area contributed by atoms with Gasteiger partial charge < -0.3 is 10.0 Å². The molecule has 1 heterocycles. The normalized spacial score (nSPS) is 10.3. The van der Waals surface area contributed by atoms with Crippen LogP contribution >= 0.6 is 0 Å². The SMILES string of the molecule is CCN(CCC(=O)O)C(=O)c1ccccc1-n1cccn1. The van der Waals surface area contributed by atoms with Crippen molar-refractivity contribution in [3.8, 4) is 5.69 Å². The van der Waals surface area contributed by atoms with Crippen molar-refractivity contribution in [1.29, 1.82) is 0 Å². The van der Waals surface area contributed by atoms with Crippen molar-refractivity contribution in [2.45, 2.75) is 13.3 Å². The average Bonchev–Trinajstić information content (AvgIpc) is 3.01. The molecule has 0 aliphatic heterocycles. The number of para-hydroxylation sites is 1. The molecule has 0 saturated carbocycles. The monoisotopic (exact) mass is 287 g/mol. The van der Waals surface area contributed by atoms with E-state index in [1.165, 1.54) is 4.90 Å². The van der Waals surface area contributed by atoms with Crippen LogP contribution in [0.5, 0.6) is 0 Å². The highest BCUT2D eigenvalue weighted by molar-refractivity contribution is 5.97. The number of carbonyl (C=O) groups excluding carboxylic acids is 1. The van der Waals surface area contributed by atoms with E-state index in [4.69, 9.17) is 5.11 Å². The van der Waals surface area contributed by atoms with Gasteiger partial charge in [-0.3, -0.25) is 9.59 Å². The number of carboxylic acids is 1. The Morgan fingerprint density at radius 1 is 1.29 bits per heavy atom. The van der Waals surface area contributed by atoms with Crippen molar-refractivity contribution >= 4 is 11.9 Å². The van der Waals surface area contributed by atoms with Gasteiger partial charge in [-0.15, -0.1) is 0 Å². The number of carboxylic acid groups (broad SMARTS) is 1. The smallest absolute Gasteiger partial charge is 0.305 e. The highest BCUT2D eigenvalue weighted by Crippen LogP contribution is 2.16. The molecular formula is C15H17N3O3. The summed E-state index contributed by atoms with van der Waals surface area (Å²) in [6.45, 7) is 2.48. The summed E-state index contributed by atoms with van der Waals surface area (Å²) in [5, 5.41) is 12.9. The van der Waals surface area contributed by atoms with E-state index in [-0.39, 0.29) is 18.9 Å². The van der Waals surface area contributed by atoms with Gasteiger partial charge >= 0.3 is 5.97 Å². The number of rotatable bonds is 6. The van der Waals surface area contributed by atoms with Gasteiger partial charge in [0.1, 0.15) is 0 Å². The third kappa shape index (κ3) is 3.47. The summed E-state index contributed by atoms with van der Waals surface area (Å²) in [6, 6.07) is 8.93. The molecule has 1 aromatic heterocycles. The summed E-state index contributed by atoms with van der Waals surface area (Å²) in [7, 11) is 0. The average molecular weight is 287 g/mol. The summed E-state index contributed by atoms with van der Waals surface area (Å²) in [5.74, 6) is -1.11. The van der Waals surface area contributed by atoms with Gasteiger partial charge in [0.15, 0.2) is 0 Å². The Balaban J connectivity index is 2.28. The summed E-state index contributed by atoms with van der Waals surface area (Å²) in [6.07, 6.45) is 3.34. The maximum atomic E-state index is 12.6. The molecular weight excluding hydrogens is 270 g/mol. The van der Waals surface area contributed by atoms with E-state index in [0.717, 1.165) is 0 Å². The fraction of sp³-hybridized carbons (Fsp3) is 0.267. The number of hydrogen-bond acceptors (Lipinski definition) is 3. The number of benzene rings is 1. The van der Waals surface area contributed by atoms with E-state index < -0.39 is 5.97 Å². The number of hydrogen-bond donors (Lipinski definition) is 1. The van der Waals surface area contributed by atoms with E-state index in [9.17, 15) is 9.59 Å². The van der Waals surface area contributed by atoms with Crippen LogP contribution in [0.2, 0.25) is 0 Å². The van der Waals surface area contributed by atoms with Crippen LogP contribution in [-0.4, -0.2) is 44.8 Å². The Hall–Kier alpha value is -2.63. The van der Waals surface area contributed by atoms with Gasteiger partial charge in [0, 0.05) is 25.5 Å². The highest BCUT2D eigenvalue weighted by atomic mass is 16.4. The number of aliphatic carboxylic acids is 1. The summed E-state index contributed by atoms with van der Waals surface area (Å²) >= 11 is 0. The maximum absolute atomic E-state index is 12.6. The zero-order valence-electron chi connectivity index (χ0n) is 11.8. The number of carbonyl (C=O) groups is 2. The van der Waals surface area contributed by atoms with Crippen LogP contribution in [0.4, 0.5) is 0 Å². The molecule has 0 atom stereocenters. The summed E-state index contributed by atoms with van der Waals surface area (Å²) in [5.41, 5.74) is 1.19. The van der Waals surface area contributed by atoms with Crippen LogP contribution in [0, 0.1) is 0 Å². The Morgan fingerprint density at radius 2 is 2.05 bits per heavy atom. The van der Waals surface area contributed by atoms with Crippen LogP contribution in [-0.2, 0) is 4.79 Å². The van der Waals surface area contributed by atoms with Crippen molar-refractivity contribution in [2.75, 3.05) is 13.1 Å². The molecule has 0 bridgehead atoms. The molecule has 1 N–H and O–H groups in total. The van der Waals surface area contributed by atoms with Gasteiger partial charge in [0.2, 0.25) is 0 Å². The van der Waals surface area contributed by atoms with Crippen LogP contribution in [0.1, 0.15) is 23.7 Å². The standard InChI is InChI=1S/C15H17N3O3/c1-2-17(11-8-14(19)20)15(21)12-6-3-4-7-13(12)18-10-5-9-16-18/h3-7,9-10H,2,8,11H2,1H3,(H,19,20). The first kappa shape index (κ1) is 14.8. The second-order valence-corrected chi connectivity index (χ2v) is 4.50. The second kappa shape index (κ2) is 6.69. The molecule has 2 rings (SSSR count). The third-order valence-electron chi connectivity index (χ3n) is 3.15. The number of nitrogens with zero attached hydrogens (tertiary/aromatic N) is 3. The highest BCUT2D eigenvalue weighted by Gasteiger charge is 2.19. The zero-order chi connectivity index (χ0) is 15.2. The minimum absolute atomic E-state index is 0.0660. The molecule has 6 nitrogen and oxygen atoms in total. The Labute approximate surface area is 122 Å². The van der Waals surface area contributed by atoms with Gasteiger partial charge in [-0.1, -0.05) is 12.1 Å². The third-order valence-corrected chi connectivity index (χ3v) is 3.15. The first-order valence-electron chi connectivity index (χ1n) is 6.73. The molecule has 21 heavy (non-hydrogen) atoms. The van der Waals surface area contributed by atoms with E-state index in [1.807, 2.05) is 19.1 Å². The second-order valence-electron chi connectivity index (χ2n) is 4.50. The lowest BCUT2D eigenvalue weighted by Gasteiger charge is -2.21. The largest absolute Gasteiger partial charge is 0.481 e. The molecule has 0 aliphatic rings. The molecule has 0 radical (unpaired) electrons. The Kier molecular flexibility index (Phi) is 4.71. The van der Waals surface area contributed by atoms with Crippen molar-refractivity contribution < 1.29 is 14.7 Å². The summed E-state index contributed by atoms with van der Waals surface area (Å²) in [4.78, 5) is 24.8. The zero-order valence-corrected chi connectivity index (χ0v) is 11.8. The first-order valence-corrected chi connectivity index (χ1v) is 6.73. The molecule has 1 amide bonds. The van der Waals surface area contributed by atoms with E-state index in [1.54, 1.807) is 35.3 Å². The van der Waals surface area contributed by atoms with Crippen LogP contribution < -0.4 is 0 Å². The molecule has 110 valence electrons.